The Morgan fingerprint density at radius 3 is 1.58 bits per heavy atom. The third-order valence-electron chi connectivity index (χ3n) is 4.28. The van der Waals surface area contributed by atoms with Gasteiger partial charge >= 0.3 is 0 Å². The summed E-state index contributed by atoms with van der Waals surface area (Å²) in [5, 5.41) is 9.63. The zero-order valence-electron chi connectivity index (χ0n) is 16.2. The summed E-state index contributed by atoms with van der Waals surface area (Å²) in [5.74, 6) is 2.53. The number of aliphatic hydroxyl groups is 1. The molecule has 0 amide bonds. The Morgan fingerprint density at radius 1 is 0.708 bits per heavy atom. The van der Waals surface area contributed by atoms with Crippen molar-refractivity contribution in [1.29, 1.82) is 0 Å². The number of unbranched alkanes of at least 4 members (excludes halogenated alkanes) is 11. The lowest BCUT2D eigenvalue weighted by Gasteiger charge is -2.15. The van der Waals surface area contributed by atoms with Gasteiger partial charge in [0.05, 0.1) is 5.60 Å². The van der Waals surface area contributed by atoms with Crippen molar-refractivity contribution in [2.45, 2.75) is 109 Å². The van der Waals surface area contributed by atoms with Crippen molar-refractivity contribution in [2.75, 3.05) is 0 Å². The first-order valence-electron chi connectivity index (χ1n) is 10.0. The van der Waals surface area contributed by atoms with E-state index in [4.69, 9.17) is 6.42 Å². The quantitative estimate of drug-likeness (QED) is 0.184. The second-order valence-corrected chi connectivity index (χ2v) is 7.50. The fourth-order valence-electron chi connectivity index (χ4n) is 2.79. The zero-order chi connectivity index (χ0) is 17.9. The van der Waals surface area contributed by atoms with E-state index < -0.39 is 5.60 Å². The van der Waals surface area contributed by atoms with Crippen molar-refractivity contribution in [3.8, 4) is 12.3 Å². The highest BCUT2D eigenvalue weighted by Crippen LogP contribution is 2.14. The lowest BCUT2D eigenvalue weighted by atomic mass is 10.0. The van der Waals surface area contributed by atoms with Gasteiger partial charge in [0.25, 0.3) is 0 Å². The molecule has 0 saturated heterocycles. The van der Waals surface area contributed by atoms with E-state index >= 15 is 0 Å². The van der Waals surface area contributed by atoms with E-state index in [2.05, 4.69) is 24.1 Å². The van der Waals surface area contributed by atoms with Gasteiger partial charge in [-0.05, 0) is 64.9 Å². The van der Waals surface area contributed by atoms with Crippen molar-refractivity contribution in [3.63, 3.8) is 0 Å². The molecule has 1 N–H and O–H groups in total. The van der Waals surface area contributed by atoms with Gasteiger partial charge in [-0.25, -0.2) is 0 Å². The molecule has 0 unspecified atom stereocenters. The van der Waals surface area contributed by atoms with Gasteiger partial charge < -0.3 is 5.11 Å². The van der Waals surface area contributed by atoms with Gasteiger partial charge in [0, 0.05) is 0 Å². The van der Waals surface area contributed by atoms with Gasteiger partial charge in [0.15, 0.2) is 0 Å². The molecular weight excluding hydrogens is 292 g/mol. The van der Waals surface area contributed by atoms with Crippen molar-refractivity contribution >= 4 is 0 Å². The number of rotatable bonds is 16. The highest BCUT2D eigenvalue weighted by molar-refractivity contribution is 5.08. The van der Waals surface area contributed by atoms with Gasteiger partial charge in [-0.3, -0.25) is 0 Å². The standard InChI is InChI=1S/C23H40O/c1-4-5-6-7-8-9-10-11-12-13-14-15-16-17-18-19-20-21-22-23(2,3)24/h1,5-6,17-18,24H,7-16,19-22H2,2-3H3. The molecule has 0 aromatic rings. The summed E-state index contributed by atoms with van der Waals surface area (Å²) in [6, 6.07) is 0. The third kappa shape index (κ3) is 21.0. The normalized spacial score (nSPS) is 12.2. The van der Waals surface area contributed by atoms with Crippen LogP contribution in [-0.2, 0) is 0 Å². The van der Waals surface area contributed by atoms with Crippen LogP contribution in [0.5, 0.6) is 0 Å². The van der Waals surface area contributed by atoms with Crippen LogP contribution in [0.2, 0.25) is 0 Å². The maximum Gasteiger partial charge on any atom is 0.0591 e. The lowest BCUT2D eigenvalue weighted by molar-refractivity contribution is 0.0683. The number of allylic oxidation sites excluding steroid dienone is 4. The van der Waals surface area contributed by atoms with Crippen LogP contribution < -0.4 is 0 Å². The molecule has 0 heterocycles. The maximum atomic E-state index is 9.63. The molecule has 1 heteroatoms. The van der Waals surface area contributed by atoms with E-state index in [9.17, 15) is 5.11 Å². The lowest BCUT2D eigenvalue weighted by Crippen LogP contribution is -2.17. The fourth-order valence-corrected chi connectivity index (χ4v) is 2.79. The molecule has 1 nitrogen and oxygen atoms in total. The number of hydrogen-bond donors (Lipinski definition) is 1. The van der Waals surface area contributed by atoms with Gasteiger partial charge in [0.2, 0.25) is 0 Å². The molecule has 0 fully saturated rings. The minimum absolute atomic E-state index is 0.497. The molecule has 0 rings (SSSR count). The SMILES string of the molecule is C#CC=CCCCCCCCCCCC=CCCCCC(C)(C)O. The first-order chi connectivity index (χ1) is 11.6. The molecule has 0 aromatic carbocycles. The van der Waals surface area contributed by atoms with E-state index in [0.29, 0.717) is 0 Å². The van der Waals surface area contributed by atoms with E-state index in [1.165, 1.54) is 64.2 Å². The van der Waals surface area contributed by atoms with Crippen molar-refractivity contribution in [2.24, 2.45) is 0 Å². The van der Waals surface area contributed by atoms with Crippen molar-refractivity contribution in [3.05, 3.63) is 24.3 Å². The Hall–Kier alpha value is -1.00. The van der Waals surface area contributed by atoms with Crippen LogP contribution in [0.4, 0.5) is 0 Å². The number of terminal acetylenes is 1. The van der Waals surface area contributed by atoms with Gasteiger partial charge in [0.1, 0.15) is 0 Å². The van der Waals surface area contributed by atoms with Crippen LogP contribution in [-0.4, -0.2) is 10.7 Å². The first-order valence-corrected chi connectivity index (χ1v) is 10.0. The molecule has 0 aliphatic carbocycles. The monoisotopic (exact) mass is 332 g/mol. The Balaban J connectivity index is 3.16. The highest BCUT2D eigenvalue weighted by atomic mass is 16.3. The molecule has 0 spiro atoms. The average Bonchev–Trinajstić information content (AvgIpc) is 2.52. The molecule has 0 atom stereocenters. The van der Waals surface area contributed by atoms with Crippen LogP contribution in [0.15, 0.2) is 24.3 Å². The highest BCUT2D eigenvalue weighted by Gasteiger charge is 2.10. The predicted molar refractivity (Wildman–Crippen MR) is 108 cm³/mol. The summed E-state index contributed by atoms with van der Waals surface area (Å²) in [4.78, 5) is 0. The van der Waals surface area contributed by atoms with Crippen LogP contribution in [0.25, 0.3) is 0 Å². The van der Waals surface area contributed by atoms with E-state index in [0.717, 1.165) is 25.7 Å². The summed E-state index contributed by atoms with van der Waals surface area (Å²) in [6.07, 6.45) is 31.3. The average molecular weight is 333 g/mol. The molecule has 0 aliphatic heterocycles. The second kappa shape index (κ2) is 16.8. The minimum atomic E-state index is -0.497. The van der Waals surface area contributed by atoms with Crippen LogP contribution in [0.3, 0.4) is 0 Å². The summed E-state index contributed by atoms with van der Waals surface area (Å²) < 4.78 is 0. The summed E-state index contributed by atoms with van der Waals surface area (Å²) >= 11 is 0. The fraction of sp³-hybridized carbons (Fsp3) is 0.739. The van der Waals surface area contributed by atoms with Crippen molar-refractivity contribution < 1.29 is 5.11 Å². The summed E-state index contributed by atoms with van der Waals surface area (Å²) in [6.45, 7) is 3.78. The Morgan fingerprint density at radius 2 is 1.12 bits per heavy atom. The summed E-state index contributed by atoms with van der Waals surface area (Å²) in [7, 11) is 0. The molecule has 0 radical (unpaired) electrons. The Bertz CT molecular complexity index is 351. The van der Waals surface area contributed by atoms with Gasteiger partial charge in [-0.1, -0.05) is 69.1 Å². The molecular formula is C23H40O. The first kappa shape index (κ1) is 23.0. The zero-order valence-corrected chi connectivity index (χ0v) is 16.2. The molecule has 0 saturated carbocycles. The predicted octanol–water partition coefficient (Wildman–Crippen LogP) is 6.96. The topological polar surface area (TPSA) is 20.2 Å². The maximum absolute atomic E-state index is 9.63. The van der Waals surface area contributed by atoms with E-state index in [1.54, 1.807) is 0 Å². The largest absolute Gasteiger partial charge is 0.390 e. The second-order valence-electron chi connectivity index (χ2n) is 7.50. The van der Waals surface area contributed by atoms with Crippen LogP contribution in [0.1, 0.15) is 104 Å². The molecule has 138 valence electrons. The molecule has 24 heavy (non-hydrogen) atoms. The van der Waals surface area contributed by atoms with E-state index in [-0.39, 0.29) is 0 Å². The number of hydrogen-bond acceptors (Lipinski definition) is 1. The minimum Gasteiger partial charge on any atom is -0.390 e. The third-order valence-corrected chi connectivity index (χ3v) is 4.28. The molecule has 0 aromatic heterocycles. The Labute approximate surface area is 151 Å². The van der Waals surface area contributed by atoms with Crippen LogP contribution in [0, 0.1) is 12.3 Å². The van der Waals surface area contributed by atoms with Gasteiger partial charge in [-0.2, -0.15) is 0 Å². The molecule has 0 bridgehead atoms. The summed E-state index contributed by atoms with van der Waals surface area (Å²) in [5.41, 5.74) is -0.497. The molecule has 0 aliphatic rings. The smallest absolute Gasteiger partial charge is 0.0591 e. The van der Waals surface area contributed by atoms with Gasteiger partial charge in [-0.15, -0.1) is 6.42 Å². The Kier molecular flexibility index (Phi) is 16.1. The van der Waals surface area contributed by atoms with E-state index in [1.807, 2.05) is 19.9 Å². The van der Waals surface area contributed by atoms with Crippen molar-refractivity contribution in [1.82, 2.24) is 0 Å². The van der Waals surface area contributed by atoms with Crippen LogP contribution >= 0.6 is 0 Å².